The first-order valence-corrected chi connectivity index (χ1v) is 7.27. The van der Waals surface area contributed by atoms with Gasteiger partial charge in [-0.3, -0.25) is 4.79 Å². The number of benzene rings is 1. The van der Waals surface area contributed by atoms with Crippen LogP contribution >= 0.6 is 0 Å². The number of ether oxygens (including phenoxy) is 2. The first kappa shape index (κ1) is 17.3. The topological polar surface area (TPSA) is 67.8 Å². The van der Waals surface area contributed by atoms with E-state index in [1.165, 1.54) is 7.11 Å². The second-order valence-electron chi connectivity index (χ2n) is 5.07. The van der Waals surface area contributed by atoms with Crippen LogP contribution in [0.15, 0.2) is 18.2 Å². The van der Waals surface area contributed by atoms with Crippen LogP contribution in [0.4, 0.5) is 0 Å². The smallest absolute Gasteiger partial charge is 0.260 e. The van der Waals surface area contributed by atoms with Crippen molar-refractivity contribution in [1.82, 2.24) is 5.32 Å². The van der Waals surface area contributed by atoms with Crippen molar-refractivity contribution in [2.24, 2.45) is 0 Å². The van der Waals surface area contributed by atoms with Gasteiger partial charge in [0.1, 0.15) is 0 Å². The van der Waals surface area contributed by atoms with E-state index in [1.54, 1.807) is 25.1 Å². The van der Waals surface area contributed by atoms with Crippen molar-refractivity contribution in [3.05, 3.63) is 23.8 Å². The minimum atomic E-state index is -0.661. The molecule has 0 aliphatic rings. The zero-order valence-electron chi connectivity index (χ0n) is 13.2. The third-order valence-corrected chi connectivity index (χ3v) is 3.22. The van der Waals surface area contributed by atoms with E-state index in [2.05, 4.69) is 12.2 Å². The lowest BCUT2D eigenvalue weighted by Gasteiger charge is -2.20. The first-order valence-electron chi connectivity index (χ1n) is 7.27. The second kappa shape index (κ2) is 8.52. The number of nitrogens with one attached hydrogen (secondary N) is 1. The summed E-state index contributed by atoms with van der Waals surface area (Å²) in [7, 11) is 1.53. The monoisotopic (exact) mass is 295 g/mol. The Hall–Kier alpha value is -1.75. The van der Waals surface area contributed by atoms with Crippen LogP contribution in [0.5, 0.6) is 11.5 Å². The molecule has 1 rings (SSSR count). The third-order valence-electron chi connectivity index (χ3n) is 3.22. The van der Waals surface area contributed by atoms with Crippen LogP contribution in [0.2, 0.25) is 0 Å². The van der Waals surface area contributed by atoms with Gasteiger partial charge in [0.05, 0.1) is 13.7 Å². The van der Waals surface area contributed by atoms with Crippen LogP contribution in [-0.2, 0) is 11.4 Å². The Balaban J connectivity index is 2.78. The fraction of sp³-hybridized carbons (Fsp3) is 0.562. The number of carbonyl (C=O) groups excluding carboxylic acids is 1. The van der Waals surface area contributed by atoms with Gasteiger partial charge in [0.2, 0.25) is 0 Å². The summed E-state index contributed by atoms with van der Waals surface area (Å²) in [5, 5.41) is 12.3. The lowest BCUT2D eigenvalue weighted by atomic mass is 10.2. The molecule has 1 aromatic carbocycles. The van der Waals surface area contributed by atoms with Crippen molar-refractivity contribution >= 4 is 5.91 Å². The lowest BCUT2D eigenvalue weighted by Crippen LogP contribution is -2.41. The van der Waals surface area contributed by atoms with E-state index in [9.17, 15) is 9.90 Å². The van der Waals surface area contributed by atoms with Crippen molar-refractivity contribution in [3.8, 4) is 11.5 Å². The van der Waals surface area contributed by atoms with Gasteiger partial charge in [-0.2, -0.15) is 0 Å². The van der Waals surface area contributed by atoms with Crippen LogP contribution in [0.3, 0.4) is 0 Å². The zero-order chi connectivity index (χ0) is 15.8. The summed E-state index contributed by atoms with van der Waals surface area (Å²) >= 11 is 0. The maximum atomic E-state index is 12.1. The molecule has 0 saturated carbocycles. The molecule has 1 amide bonds. The minimum Gasteiger partial charge on any atom is -0.493 e. The van der Waals surface area contributed by atoms with E-state index < -0.39 is 6.10 Å². The number of amides is 1. The number of methoxy groups -OCH3 is 1. The molecule has 5 nitrogen and oxygen atoms in total. The Bertz CT molecular complexity index is 439. The van der Waals surface area contributed by atoms with Crippen LogP contribution < -0.4 is 14.8 Å². The summed E-state index contributed by atoms with van der Waals surface area (Å²) in [5.74, 6) is 0.738. The quantitative estimate of drug-likeness (QED) is 0.772. The average Bonchev–Trinajstić information content (AvgIpc) is 2.47. The first-order chi connectivity index (χ1) is 10.0. The second-order valence-corrected chi connectivity index (χ2v) is 5.07. The molecule has 0 aliphatic heterocycles. The molecule has 0 fully saturated rings. The Labute approximate surface area is 126 Å². The van der Waals surface area contributed by atoms with Gasteiger partial charge in [-0.05, 0) is 26.3 Å². The number of aliphatic hydroxyl groups is 1. The van der Waals surface area contributed by atoms with Crippen LogP contribution in [0.1, 0.15) is 39.2 Å². The van der Waals surface area contributed by atoms with Gasteiger partial charge in [-0.1, -0.05) is 25.5 Å². The van der Waals surface area contributed by atoms with Crippen molar-refractivity contribution < 1.29 is 19.4 Å². The largest absolute Gasteiger partial charge is 0.493 e. The Kier molecular flexibility index (Phi) is 7.02. The van der Waals surface area contributed by atoms with Gasteiger partial charge in [0.25, 0.3) is 5.91 Å². The Morgan fingerprint density at radius 2 is 2.10 bits per heavy atom. The molecule has 0 heterocycles. The standard InChI is InChI=1S/C16H25NO4/c1-5-7-11(2)17-16(19)12(3)21-15-13(10-18)8-6-9-14(15)20-4/h6,8-9,11-12,18H,5,7,10H2,1-4H3,(H,17,19). The van der Waals surface area contributed by atoms with Crippen molar-refractivity contribution in [1.29, 1.82) is 0 Å². The minimum absolute atomic E-state index is 0.114. The molecule has 2 atom stereocenters. The maximum absolute atomic E-state index is 12.1. The van der Waals surface area contributed by atoms with Gasteiger partial charge in [0, 0.05) is 11.6 Å². The number of hydrogen-bond acceptors (Lipinski definition) is 4. The summed E-state index contributed by atoms with van der Waals surface area (Å²) in [6.45, 7) is 5.55. The molecular formula is C16H25NO4. The number of carbonyl (C=O) groups is 1. The zero-order valence-corrected chi connectivity index (χ0v) is 13.2. The predicted molar refractivity (Wildman–Crippen MR) is 81.5 cm³/mol. The molecule has 0 spiro atoms. The van der Waals surface area contributed by atoms with Crippen LogP contribution in [-0.4, -0.2) is 30.3 Å². The van der Waals surface area contributed by atoms with E-state index >= 15 is 0 Å². The number of para-hydroxylation sites is 1. The van der Waals surface area contributed by atoms with E-state index in [1.807, 2.05) is 6.92 Å². The van der Waals surface area contributed by atoms with E-state index in [0.717, 1.165) is 12.8 Å². The molecular weight excluding hydrogens is 270 g/mol. The van der Waals surface area contributed by atoms with Gasteiger partial charge in [0.15, 0.2) is 17.6 Å². The maximum Gasteiger partial charge on any atom is 0.260 e. The van der Waals surface area contributed by atoms with Crippen molar-refractivity contribution in [2.45, 2.75) is 52.4 Å². The summed E-state index contributed by atoms with van der Waals surface area (Å²) in [6.07, 6.45) is 1.28. The molecule has 0 radical (unpaired) electrons. The average molecular weight is 295 g/mol. The fourth-order valence-corrected chi connectivity index (χ4v) is 2.08. The number of hydrogen-bond donors (Lipinski definition) is 2. The molecule has 2 unspecified atom stereocenters. The molecule has 2 N–H and O–H groups in total. The Morgan fingerprint density at radius 3 is 2.67 bits per heavy atom. The van der Waals surface area contributed by atoms with Crippen LogP contribution in [0.25, 0.3) is 0 Å². The Morgan fingerprint density at radius 1 is 1.38 bits per heavy atom. The van der Waals surface area contributed by atoms with Gasteiger partial charge in [-0.25, -0.2) is 0 Å². The highest BCUT2D eigenvalue weighted by Crippen LogP contribution is 2.31. The highest BCUT2D eigenvalue weighted by Gasteiger charge is 2.20. The van der Waals surface area contributed by atoms with Crippen molar-refractivity contribution in [2.75, 3.05) is 7.11 Å². The molecule has 0 aliphatic carbocycles. The SMILES string of the molecule is CCCC(C)NC(=O)C(C)Oc1c(CO)cccc1OC. The van der Waals surface area contributed by atoms with E-state index in [4.69, 9.17) is 9.47 Å². The van der Waals surface area contributed by atoms with Crippen LogP contribution in [0, 0.1) is 0 Å². The number of aliphatic hydroxyl groups excluding tert-OH is 1. The van der Waals surface area contributed by atoms with Gasteiger partial charge in [-0.15, -0.1) is 0 Å². The molecule has 21 heavy (non-hydrogen) atoms. The van der Waals surface area contributed by atoms with Gasteiger partial charge < -0.3 is 19.9 Å². The van der Waals surface area contributed by atoms with Crippen molar-refractivity contribution in [3.63, 3.8) is 0 Å². The fourth-order valence-electron chi connectivity index (χ4n) is 2.08. The molecule has 0 bridgehead atoms. The summed E-state index contributed by atoms with van der Waals surface area (Å²) in [6, 6.07) is 5.36. The molecule has 0 saturated heterocycles. The molecule has 5 heteroatoms. The summed E-state index contributed by atoms with van der Waals surface area (Å²) in [5.41, 5.74) is 0.593. The lowest BCUT2D eigenvalue weighted by molar-refractivity contribution is -0.128. The molecule has 0 aromatic heterocycles. The summed E-state index contributed by atoms with van der Waals surface area (Å²) < 4.78 is 10.9. The summed E-state index contributed by atoms with van der Waals surface area (Å²) in [4.78, 5) is 12.1. The van der Waals surface area contributed by atoms with E-state index in [-0.39, 0.29) is 18.6 Å². The number of rotatable bonds is 8. The predicted octanol–water partition coefficient (Wildman–Crippen LogP) is 2.26. The molecule has 118 valence electrons. The highest BCUT2D eigenvalue weighted by atomic mass is 16.5. The highest BCUT2D eigenvalue weighted by molar-refractivity contribution is 5.81. The van der Waals surface area contributed by atoms with Gasteiger partial charge >= 0.3 is 0 Å². The van der Waals surface area contributed by atoms with E-state index in [0.29, 0.717) is 17.1 Å². The normalized spacial score (nSPS) is 13.4. The molecule has 1 aromatic rings. The third kappa shape index (κ3) is 4.93.